The number of aldehydes is 1. The van der Waals surface area contributed by atoms with Crippen molar-refractivity contribution in [1.82, 2.24) is 9.55 Å². The van der Waals surface area contributed by atoms with E-state index < -0.39 is 5.69 Å². The van der Waals surface area contributed by atoms with Crippen LogP contribution in [0.4, 0.5) is 5.82 Å². The van der Waals surface area contributed by atoms with Gasteiger partial charge in [-0.2, -0.15) is 4.98 Å². The molecule has 0 amide bonds. The summed E-state index contributed by atoms with van der Waals surface area (Å²) in [6.45, 7) is 0. The Morgan fingerprint density at radius 2 is 2.04 bits per heavy atom. The van der Waals surface area contributed by atoms with Gasteiger partial charge in [-0.1, -0.05) is 29.8 Å². The first-order chi connectivity index (χ1) is 13.1. The molecule has 0 unspecified atom stereocenters. The van der Waals surface area contributed by atoms with Crippen LogP contribution in [0.15, 0.2) is 59.2 Å². The number of hydrogen-bond donors (Lipinski definition) is 2. The molecule has 0 aliphatic heterocycles. The molecule has 0 radical (unpaired) electrons. The SMILES string of the molecule is N/C=C(\C=O)Nc1nc(=O)n(-c2ccccc2Cl)c2cc(C3CC3)ccc12. The van der Waals surface area contributed by atoms with Gasteiger partial charge in [0.2, 0.25) is 0 Å². The molecule has 136 valence electrons. The minimum atomic E-state index is -0.492. The van der Waals surface area contributed by atoms with Gasteiger partial charge in [-0.05, 0) is 48.6 Å². The molecule has 27 heavy (non-hydrogen) atoms. The second kappa shape index (κ2) is 6.89. The number of rotatable bonds is 5. The average molecular weight is 381 g/mol. The maximum Gasteiger partial charge on any atom is 0.354 e. The number of benzene rings is 2. The average Bonchev–Trinajstić information content (AvgIpc) is 3.52. The van der Waals surface area contributed by atoms with Crippen LogP contribution < -0.4 is 16.7 Å². The Morgan fingerprint density at radius 1 is 1.26 bits per heavy atom. The van der Waals surface area contributed by atoms with E-state index in [2.05, 4.69) is 10.3 Å². The third kappa shape index (κ3) is 3.19. The second-order valence-electron chi connectivity index (χ2n) is 6.45. The van der Waals surface area contributed by atoms with Gasteiger partial charge in [0.15, 0.2) is 6.29 Å². The molecular formula is C20H17ClN4O2. The molecule has 1 saturated carbocycles. The van der Waals surface area contributed by atoms with Crippen LogP contribution in [-0.2, 0) is 4.79 Å². The molecule has 4 rings (SSSR count). The number of hydrogen-bond acceptors (Lipinski definition) is 5. The summed E-state index contributed by atoms with van der Waals surface area (Å²) in [6, 6.07) is 13.1. The normalized spacial score (nSPS) is 14.3. The van der Waals surface area contributed by atoms with Gasteiger partial charge < -0.3 is 11.1 Å². The number of halogens is 1. The third-order valence-electron chi connectivity index (χ3n) is 4.63. The first kappa shape index (κ1) is 17.3. The highest BCUT2D eigenvalue weighted by Crippen LogP contribution is 2.41. The number of fused-ring (bicyclic) bond motifs is 1. The lowest BCUT2D eigenvalue weighted by Crippen LogP contribution is -2.24. The third-order valence-corrected chi connectivity index (χ3v) is 4.95. The quantitative estimate of drug-likeness (QED) is 0.523. The molecule has 1 heterocycles. The lowest BCUT2D eigenvalue weighted by atomic mass is 10.1. The van der Waals surface area contributed by atoms with Crippen LogP contribution in [-0.4, -0.2) is 15.8 Å². The van der Waals surface area contributed by atoms with Gasteiger partial charge in [0, 0.05) is 11.6 Å². The number of aromatic nitrogens is 2. The maximum atomic E-state index is 12.9. The van der Waals surface area contributed by atoms with Crippen molar-refractivity contribution in [2.75, 3.05) is 5.32 Å². The van der Waals surface area contributed by atoms with Gasteiger partial charge in [0.05, 0.1) is 21.9 Å². The first-order valence-electron chi connectivity index (χ1n) is 8.58. The van der Waals surface area contributed by atoms with Crippen molar-refractivity contribution >= 4 is 34.6 Å². The summed E-state index contributed by atoms with van der Waals surface area (Å²) in [4.78, 5) is 28.1. The van der Waals surface area contributed by atoms with E-state index in [1.165, 1.54) is 10.1 Å². The molecule has 2 aromatic carbocycles. The van der Waals surface area contributed by atoms with Gasteiger partial charge in [0.25, 0.3) is 0 Å². The number of carbonyl (C=O) groups excluding carboxylic acids is 1. The van der Waals surface area contributed by atoms with Gasteiger partial charge in [-0.25, -0.2) is 4.79 Å². The van der Waals surface area contributed by atoms with E-state index in [1.54, 1.807) is 18.2 Å². The Hall–Kier alpha value is -3.12. The predicted molar refractivity (Wildman–Crippen MR) is 106 cm³/mol. The molecule has 1 aromatic heterocycles. The summed E-state index contributed by atoms with van der Waals surface area (Å²) in [5.41, 5.74) is 7.49. The van der Waals surface area contributed by atoms with Crippen molar-refractivity contribution in [3.05, 3.63) is 75.4 Å². The van der Waals surface area contributed by atoms with Gasteiger partial charge in [0.1, 0.15) is 5.82 Å². The Kier molecular flexibility index (Phi) is 4.41. The fraction of sp³-hybridized carbons (Fsp3) is 0.150. The Labute approximate surface area is 160 Å². The molecule has 1 fully saturated rings. The maximum absolute atomic E-state index is 12.9. The molecule has 3 aromatic rings. The van der Waals surface area contributed by atoms with Crippen LogP contribution in [0.1, 0.15) is 24.3 Å². The lowest BCUT2D eigenvalue weighted by Gasteiger charge is -2.15. The highest BCUT2D eigenvalue weighted by molar-refractivity contribution is 6.32. The van der Waals surface area contributed by atoms with Crippen LogP contribution in [0.2, 0.25) is 5.02 Å². The minimum absolute atomic E-state index is 0.130. The smallest absolute Gasteiger partial charge is 0.354 e. The van der Waals surface area contributed by atoms with E-state index in [9.17, 15) is 9.59 Å². The molecule has 6 nitrogen and oxygen atoms in total. The number of anilines is 1. The largest absolute Gasteiger partial charge is 0.403 e. The van der Waals surface area contributed by atoms with E-state index in [4.69, 9.17) is 17.3 Å². The summed E-state index contributed by atoms with van der Waals surface area (Å²) >= 11 is 6.34. The van der Waals surface area contributed by atoms with E-state index in [1.807, 2.05) is 24.3 Å². The number of allylic oxidation sites excluding steroid dienone is 1. The molecule has 7 heteroatoms. The van der Waals surface area contributed by atoms with E-state index >= 15 is 0 Å². The van der Waals surface area contributed by atoms with Crippen LogP contribution in [0.5, 0.6) is 0 Å². The van der Waals surface area contributed by atoms with Crippen LogP contribution in [0.25, 0.3) is 16.6 Å². The topological polar surface area (TPSA) is 90.0 Å². The van der Waals surface area contributed by atoms with Crippen LogP contribution in [0.3, 0.4) is 0 Å². The van der Waals surface area contributed by atoms with E-state index in [0.717, 1.165) is 19.0 Å². The standard InChI is InChI=1S/C20H17ClN4O2/c21-16-3-1-2-4-17(16)25-18-9-13(12-5-6-12)7-8-15(18)19(24-20(25)27)23-14(10-22)11-26/h1-4,7-12H,5-6,22H2,(H,23,24,27)/b14-10+. The number of nitrogens with two attached hydrogens (primary N) is 1. The zero-order valence-corrected chi connectivity index (χ0v) is 15.1. The Bertz CT molecular complexity index is 1130. The summed E-state index contributed by atoms with van der Waals surface area (Å²) in [5, 5.41) is 3.98. The number of para-hydroxylation sites is 1. The fourth-order valence-corrected chi connectivity index (χ4v) is 3.34. The summed E-state index contributed by atoms with van der Waals surface area (Å²) in [5.74, 6) is 0.799. The molecule has 0 saturated heterocycles. The molecule has 1 aliphatic rings. The molecule has 0 bridgehead atoms. The van der Waals surface area contributed by atoms with E-state index in [0.29, 0.717) is 33.8 Å². The zero-order chi connectivity index (χ0) is 19.0. The van der Waals surface area contributed by atoms with Crippen molar-refractivity contribution in [1.29, 1.82) is 0 Å². The number of nitrogens with one attached hydrogen (secondary N) is 1. The molecule has 0 atom stereocenters. The van der Waals surface area contributed by atoms with Gasteiger partial charge in [-0.15, -0.1) is 0 Å². The van der Waals surface area contributed by atoms with E-state index in [-0.39, 0.29) is 11.5 Å². The molecule has 3 N–H and O–H groups in total. The Balaban J connectivity index is 2.01. The summed E-state index contributed by atoms with van der Waals surface area (Å²) in [6.07, 6.45) is 4.00. The van der Waals surface area contributed by atoms with Crippen LogP contribution in [0, 0.1) is 0 Å². The highest BCUT2D eigenvalue weighted by Gasteiger charge is 2.25. The van der Waals surface area contributed by atoms with Crippen molar-refractivity contribution < 1.29 is 4.79 Å². The predicted octanol–water partition coefficient (Wildman–Crippen LogP) is 3.33. The van der Waals surface area contributed by atoms with Gasteiger partial charge >= 0.3 is 5.69 Å². The summed E-state index contributed by atoms with van der Waals surface area (Å²) in [7, 11) is 0. The van der Waals surface area contributed by atoms with Crippen LogP contribution >= 0.6 is 11.6 Å². The fourth-order valence-electron chi connectivity index (χ4n) is 3.12. The van der Waals surface area contributed by atoms with Crippen molar-refractivity contribution in [2.45, 2.75) is 18.8 Å². The zero-order valence-electron chi connectivity index (χ0n) is 14.4. The minimum Gasteiger partial charge on any atom is -0.403 e. The lowest BCUT2D eigenvalue weighted by molar-refractivity contribution is -0.104. The molecule has 1 aliphatic carbocycles. The first-order valence-corrected chi connectivity index (χ1v) is 8.96. The van der Waals surface area contributed by atoms with Gasteiger partial charge in [-0.3, -0.25) is 9.36 Å². The molecular weight excluding hydrogens is 364 g/mol. The number of carbonyl (C=O) groups is 1. The molecule has 0 spiro atoms. The Morgan fingerprint density at radius 3 is 2.70 bits per heavy atom. The highest BCUT2D eigenvalue weighted by atomic mass is 35.5. The summed E-state index contributed by atoms with van der Waals surface area (Å²) < 4.78 is 1.50. The monoisotopic (exact) mass is 380 g/mol. The van der Waals surface area contributed by atoms with Crippen molar-refractivity contribution in [2.24, 2.45) is 5.73 Å². The van der Waals surface area contributed by atoms with Crippen molar-refractivity contribution in [3.63, 3.8) is 0 Å². The number of nitrogens with zero attached hydrogens (tertiary/aromatic N) is 2. The second-order valence-corrected chi connectivity index (χ2v) is 6.85. The van der Waals surface area contributed by atoms with Crippen molar-refractivity contribution in [3.8, 4) is 5.69 Å².